The first-order valence-corrected chi connectivity index (χ1v) is 10.6. The first kappa shape index (κ1) is 22.1. The largest absolute Gasteiger partial charge is 0.459 e. The van der Waals surface area contributed by atoms with Crippen LogP contribution in [-0.4, -0.2) is 16.1 Å². The minimum Gasteiger partial charge on any atom is -0.459 e. The van der Waals surface area contributed by atoms with Crippen LogP contribution in [0, 0.1) is 0 Å². The van der Waals surface area contributed by atoms with E-state index >= 15 is 0 Å². The van der Waals surface area contributed by atoms with Crippen molar-refractivity contribution in [2.45, 2.75) is 6.61 Å². The lowest BCUT2D eigenvalue weighted by Gasteiger charge is -2.10. The molecule has 0 saturated heterocycles. The van der Waals surface area contributed by atoms with Crippen LogP contribution in [0.2, 0.25) is 10.0 Å². The number of thiocarbonyl (C=S) groups is 1. The van der Waals surface area contributed by atoms with E-state index in [1.165, 1.54) is 0 Å². The van der Waals surface area contributed by atoms with Crippen LogP contribution in [0.1, 0.15) is 16.3 Å². The Morgan fingerprint density at radius 1 is 0.938 bits per heavy atom. The van der Waals surface area contributed by atoms with Crippen LogP contribution in [0.5, 0.6) is 0 Å². The van der Waals surface area contributed by atoms with Gasteiger partial charge in [0.15, 0.2) is 10.9 Å². The molecule has 162 valence electrons. The molecule has 6 nitrogen and oxygen atoms in total. The highest BCUT2D eigenvalue weighted by atomic mass is 35.5. The summed E-state index contributed by atoms with van der Waals surface area (Å²) >= 11 is 17.5. The molecule has 2 heterocycles. The molecule has 0 aliphatic rings. The van der Waals surface area contributed by atoms with Crippen molar-refractivity contribution in [1.29, 1.82) is 0 Å². The lowest BCUT2D eigenvalue weighted by molar-refractivity contribution is 0.0951. The molecule has 3 N–H and O–H groups in total. The molecule has 1 amide bonds. The molecule has 32 heavy (non-hydrogen) atoms. The number of aliphatic hydroxyl groups is 1. The predicted octanol–water partition coefficient (Wildman–Crippen LogP) is 6.13. The Morgan fingerprint density at radius 2 is 1.69 bits per heavy atom. The van der Waals surface area contributed by atoms with Crippen molar-refractivity contribution in [3.8, 4) is 22.6 Å². The third-order valence-electron chi connectivity index (χ3n) is 4.50. The summed E-state index contributed by atoms with van der Waals surface area (Å²) in [7, 11) is 0. The van der Waals surface area contributed by atoms with Crippen LogP contribution < -0.4 is 10.6 Å². The zero-order valence-electron chi connectivity index (χ0n) is 16.4. The molecule has 0 aliphatic carbocycles. The lowest BCUT2D eigenvalue weighted by Crippen LogP contribution is -2.33. The Bertz CT molecular complexity index is 1280. The fraction of sp³-hybridized carbons (Fsp3) is 0.0435. The number of furan rings is 2. The third-order valence-corrected chi connectivity index (χ3v) is 5.26. The van der Waals surface area contributed by atoms with Gasteiger partial charge < -0.3 is 19.3 Å². The maximum Gasteiger partial charge on any atom is 0.293 e. The molecule has 0 atom stereocenters. The first-order valence-electron chi connectivity index (χ1n) is 9.40. The zero-order chi connectivity index (χ0) is 22.7. The standard InChI is InChI=1S/C23H16Cl2N2O4S/c24-14-3-1-13(2-4-14)19-9-10-21(31-19)22(29)27-23(32)26-15-5-7-17(18(25)11-15)20-8-6-16(12-28)30-20/h1-11,28H,12H2,(H2,26,27,29,32). The fourth-order valence-electron chi connectivity index (χ4n) is 2.96. The second-order valence-electron chi connectivity index (χ2n) is 6.70. The highest BCUT2D eigenvalue weighted by molar-refractivity contribution is 7.80. The van der Waals surface area contributed by atoms with Gasteiger partial charge in [0, 0.05) is 21.8 Å². The SMILES string of the molecule is O=C(NC(=S)Nc1ccc(-c2ccc(CO)o2)c(Cl)c1)c1ccc(-c2ccc(Cl)cc2)o1. The number of hydrogen-bond acceptors (Lipinski definition) is 5. The van der Waals surface area contributed by atoms with Crippen molar-refractivity contribution in [2.75, 3.05) is 5.32 Å². The number of rotatable bonds is 5. The molecule has 0 spiro atoms. The fourth-order valence-corrected chi connectivity index (χ4v) is 3.57. The third kappa shape index (κ3) is 5.03. The molecule has 0 bridgehead atoms. The second-order valence-corrected chi connectivity index (χ2v) is 7.95. The molecule has 4 aromatic rings. The quantitative estimate of drug-likeness (QED) is 0.294. The smallest absolute Gasteiger partial charge is 0.293 e. The van der Waals surface area contributed by atoms with E-state index < -0.39 is 5.91 Å². The van der Waals surface area contributed by atoms with E-state index in [9.17, 15) is 4.79 Å². The van der Waals surface area contributed by atoms with Gasteiger partial charge >= 0.3 is 0 Å². The predicted molar refractivity (Wildman–Crippen MR) is 128 cm³/mol. The van der Waals surface area contributed by atoms with Gasteiger partial charge in [-0.3, -0.25) is 10.1 Å². The van der Waals surface area contributed by atoms with Crippen molar-refractivity contribution >= 4 is 52.1 Å². The Balaban J connectivity index is 1.40. The molecule has 0 aliphatic heterocycles. The minimum absolute atomic E-state index is 0.0869. The van der Waals surface area contributed by atoms with Crippen molar-refractivity contribution < 1.29 is 18.7 Å². The van der Waals surface area contributed by atoms with Crippen LogP contribution in [0.25, 0.3) is 22.6 Å². The Kier molecular flexibility index (Phi) is 6.62. The van der Waals surface area contributed by atoms with Crippen LogP contribution in [0.4, 0.5) is 5.69 Å². The number of aliphatic hydroxyl groups excluding tert-OH is 1. The molecular formula is C23H16Cl2N2O4S. The lowest BCUT2D eigenvalue weighted by atomic mass is 10.1. The number of carbonyl (C=O) groups excluding carboxylic acids is 1. The number of amides is 1. The van der Waals surface area contributed by atoms with Gasteiger partial charge in [0.05, 0.1) is 5.02 Å². The van der Waals surface area contributed by atoms with Crippen molar-refractivity contribution in [2.24, 2.45) is 0 Å². The number of hydrogen-bond donors (Lipinski definition) is 3. The van der Waals surface area contributed by atoms with Gasteiger partial charge in [-0.25, -0.2) is 0 Å². The average Bonchev–Trinajstić information content (AvgIpc) is 3.44. The summed E-state index contributed by atoms with van der Waals surface area (Å²) in [4.78, 5) is 12.5. The molecule has 0 radical (unpaired) electrons. The van der Waals surface area contributed by atoms with Gasteiger partial charge in [0.25, 0.3) is 5.91 Å². The van der Waals surface area contributed by atoms with Gasteiger partial charge in [-0.1, -0.05) is 23.2 Å². The van der Waals surface area contributed by atoms with Gasteiger partial charge in [-0.15, -0.1) is 0 Å². The van der Waals surface area contributed by atoms with Gasteiger partial charge in [-0.05, 0) is 78.9 Å². The molecule has 0 unspecified atom stereocenters. The van der Waals surface area contributed by atoms with E-state index in [-0.39, 0.29) is 17.5 Å². The maximum atomic E-state index is 12.5. The second kappa shape index (κ2) is 9.58. The summed E-state index contributed by atoms with van der Waals surface area (Å²) < 4.78 is 11.1. The molecule has 9 heteroatoms. The first-order chi connectivity index (χ1) is 15.4. The normalized spacial score (nSPS) is 10.7. The molecular weight excluding hydrogens is 471 g/mol. The van der Waals surface area contributed by atoms with E-state index in [1.54, 1.807) is 66.7 Å². The minimum atomic E-state index is -0.488. The molecule has 0 saturated carbocycles. The molecule has 4 rings (SSSR count). The number of halogens is 2. The Labute approximate surface area is 198 Å². The summed E-state index contributed by atoms with van der Waals surface area (Å²) in [5.74, 6) is 1.15. The number of benzene rings is 2. The van der Waals surface area contributed by atoms with Gasteiger partial charge in [0.1, 0.15) is 23.9 Å². The van der Waals surface area contributed by atoms with E-state index in [4.69, 9.17) is 49.4 Å². The Hall–Kier alpha value is -3.10. The van der Waals surface area contributed by atoms with Crippen molar-refractivity contribution in [1.82, 2.24) is 5.32 Å². The summed E-state index contributed by atoms with van der Waals surface area (Å²) in [6.45, 7) is -0.192. The summed E-state index contributed by atoms with van der Waals surface area (Å²) in [6, 6.07) is 18.9. The molecule has 2 aromatic heterocycles. The van der Waals surface area contributed by atoms with Crippen molar-refractivity contribution in [3.63, 3.8) is 0 Å². The maximum absolute atomic E-state index is 12.5. The molecule has 2 aromatic carbocycles. The topological polar surface area (TPSA) is 87.6 Å². The van der Waals surface area contributed by atoms with Crippen LogP contribution in [0.15, 0.2) is 75.6 Å². The van der Waals surface area contributed by atoms with Crippen molar-refractivity contribution in [3.05, 3.63) is 88.3 Å². The zero-order valence-corrected chi connectivity index (χ0v) is 18.7. The molecule has 0 fully saturated rings. The van der Waals surface area contributed by atoms with E-state index in [2.05, 4.69) is 10.6 Å². The number of nitrogens with one attached hydrogen (secondary N) is 2. The highest BCUT2D eigenvalue weighted by Crippen LogP contribution is 2.31. The summed E-state index contributed by atoms with van der Waals surface area (Å²) in [5, 5.41) is 15.7. The number of carbonyl (C=O) groups is 1. The van der Waals surface area contributed by atoms with E-state index in [0.717, 1.165) is 5.56 Å². The number of anilines is 1. The summed E-state index contributed by atoms with van der Waals surface area (Å²) in [6.07, 6.45) is 0. The van der Waals surface area contributed by atoms with E-state index in [1.807, 2.05) is 0 Å². The van der Waals surface area contributed by atoms with E-state index in [0.29, 0.717) is 38.6 Å². The average molecular weight is 487 g/mol. The monoisotopic (exact) mass is 486 g/mol. The Morgan fingerprint density at radius 3 is 2.38 bits per heavy atom. The highest BCUT2D eigenvalue weighted by Gasteiger charge is 2.15. The van der Waals surface area contributed by atoms with Gasteiger partial charge in [-0.2, -0.15) is 0 Å². The van der Waals surface area contributed by atoms with Gasteiger partial charge in [0.2, 0.25) is 0 Å². The van der Waals surface area contributed by atoms with Crippen LogP contribution >= 0.6 is 35.4 Å². The van der Waals surface area contributed by atoms with Crippen LogP contribution in [0.3, 0.4) is 0 Å². The van der Waals surface area contributed by atoms with Crippen LogP contribution in [-0.2, 0) is 6.61 Å². The summed E-state index contributed by atoms with van der Waals surface area (Å²) in [5.41, 5.74) is 2.04.